The zero-order valence-corrected chi connectivity index (χ0v) is 9.38. The summed E-state index contributed by atoms with van der Waals surface area (Å²) in [5, 5.41) is 12.5. The minimum atomic E-state index is -1.16. The molecular weight excluding hydrogens is 236 g/mol. The average molecular weight is 244 g/mol. The Morgan fingerprint density at radius 1 is 1.39 bits per heavy atom. The number of fused-ring (bicyclic) bond motifs is 1. The lowest BCUT2D eigenvalue weighted by molar-refractivity contribution is 0.0652. The summed E-state index contributed by atoms with van der Waals surface area (Å²) in [5.41, 5.74) is 2.37. The van der Waals surface area contributed by atoms with Gasteiger partial charge in [-0.15, -0.1) is 0 Å². The van der Waals surface area contributed by atoms with E-state index < -0.39 is 5.97 Å². The summed E-state index contributed by atoms with van der Waals surface area (Å²) in [6.45, 7) is 1.75. The first-order valence-corrected chi connectivity index (χ1v) is 5.21. The Bertz CT molecular complexity index is 741. The van der Waals surface area contributed by atoms with Crippen LogP contribution in [0.2, 0.25) is 0 Å². The van der Waals surface area contributed by atoms with E-state index in [1.807, 2.05) is 0 Å². The Morgan fingerprint density at radius 2 is 2.22 bits per heavy atom. The second kappa shape index (κ2) is 3.69. The number of aromatic nitrogens is 2. The molecule has 0 unspecified atom stereocenters. The standard InChI is InChI=1S/C12H8N2O4/c1-6-13-11-7(3-2-4-9(11)17-6)8-5-10(12(15)16)18-14-8/h2-5H,1H3,(H,15,16). The van der Waals surface area contributed by atoms with Crippen LogP contribution in [0.5, 0.6) is 0 Å². The molecule has 3 rings (SSSR count). The van der Waals surface area contributed by atoms with Gasteiger partial charge in [0.2, 0.25) is 5.76 Å². The van der Waals surface area contributed by atoms with Crippen molar-refractivity contribution < 1.29 is 18.8 Å². The number of oxazole rings is 1. The van der Waals surface area contributed by atoms with E-state index in [0.29, 0.717) is 28.2 Å². The van der Waals surface area contributed by atoms with Crippen molar-refractivity contribution in [2.45, 2.75) is 6.92 Å². The number of hydrogen-bond donors (Lipinski definition) is 1. The number of aryl methyl sites for hydroxylation is 1. The fourth-order valence-electron chi connectivity index (χ4n) is 1.77. The van der Waals surface area contributed by atoms with Crippen molar-refractivity contribution >= 4 is 17.1 Å². The number of para-hydroxylation sites is 1. The third-order valence-electron chi connectivity index (χ3n) is 2.52. The van der Waals surface area contributed by atoms with Crippen LogP contribution in [0.15, 0.2) is 33.2 Å². The van der Waals surface area contributed by atoms with E-state index in [9.17, 15) is 4.79 Å². The van der Waals surface area contributed by atoms with Crippen LogP contribution in [0.1, 0.15) is 16.4 Å². The molecule has 0 radical (unpaired) electrons. The molecule has 6 nitrogen and oxygen atoms in total. The fraction of sp³-hybridized carbons (Fsp3) is 0.0833. The summed E-state index contributed by atoms with van der Waals surface area (Å²) in [5.74, 6) is -0.820. The molecular formula is C12H8N2O4. The van der Waals surface area contributed by atoms with Crippen molar-refractivity contribution in [3.63, 3.8) is 0 Å². The number of aromatic carboxylic acids is 1. The number of hydrogen-bond acceptors (Lipinski definition) is 5. The van der Waals surface area contributed by atoms with E-state index in [-0.39, 0.29) is 5.76 Å². The van der Waals surface area contributed by atoms with Gasteiger partial charge in [0.1, 0.15) is 11.2 Å². The first kappa shape index (κ1) is 10.5. The third kappa shape index (κ3) is 1.55. The maximum Gasteiger partial charge on any atom is 0.374 e. The van der Waals surface area contributed by atoms with Gasteiger partial charge in [0.25, 0.3) is 0 Å². The smallest absolute Gasteiger partial charge is 0.374 e. The van der Waals surface area contributed by atoms with Crippen molar-refractivity contribution in [1.29, 1.82) is 0 Å². The Hall–Kier alpha value is -2.63. The quantitative estimate of drug-likeness (QED) is 0.744. The molecule has 1 N–H and O–H groups in total. The molecule has 0 aliphatic rings. The highest BCUT2D eigenvalue weighted by Crippen LogP contribution is 2.28. The number of benzene rings is 1. The Balaban J connectivity index is 2.21. The van der Waals surface area contributed by atoms with Crippen molar-refractivity contribution in [3.05, 3.63) is 35.9 Å². The molecule has 0 bridgehead atoms. The summed E-state index contributed by atoms with van der Waals surface area (Å²) in [6.07, 6.45) is 0. The number of carboxylic acids is 1. The van der Waals surface area contributed by atoms with Gasteiger partial charge in [-0.1, -0.05) is 17.3 Å². The van der Waals surface area contributed by atoms with Gasteiger partial charge >= 0.3 is 5.97 Å². The lowest BCUT2D eigenvalue weighted by atomic mass is 10.1. The molecule has 2 heterocycles. The van der Waals surface area contributed by atoms with Crippen molar-refractivity contribution in [1.82, 2.24) is 10.1 Å². The average Bonchev–Trinajstić information content (AvgIpc) is 2.92. The Kier molecular flexibility index (Phi) is 2.16. The highest BCUT2D eigenvalue weighted by molar-refractivity contribution is 5.91. The van der Waals surface area contributed by atoms with Crippen LogP contribution < -0.4 is 0 Å². The minimum absolute atomic E-state index is 0.206. The van der Waals surface area contributed by atoms with Crippen LogP contribution >= 0.6 is 0 Å². The molecule has 0 fully saturated rings. The van der Waals surface area contributed by atoms with Gasteiger partial charge in [-0.05, 0) is 6.07 Å². The van der Waals surface area contributed by atoms with Gasteiger partial charge in [-0.2, -0.15) is 0 Å². The van der Waals surface area contributed by atoms with E-state index >= 15 is 0 Å². The summed E-state index contributed by atoms with van der Waals surface area (Å²) in [7, 11) is 0. The number of nitrogens with zero attached hydrogens (tertiary/aromatic N) is 2. The Labute approximate surface area is 101 Å². The van der Waals surface area contributed by atoms with Crippen LogP contribution in [0.4, 0.5) is 0 Å². The van der Waals surface area contributed by atoms with Crippen LogP contribution in [-0.4, -0.2) is 21.2 Å². The highest BCUT2D eigenvalue weighted by Gasteiger charge is 2.16. The van der Waals surface area contributed by atoms with Crippen molar-refractivity contribution in [2.24, 2.45) is 0 Å². The molecule has 0 atom stereocenters. The van der Waals surface area contributed by atoms with Crippen LogP contribution in [0.3, 0.4) is 0 Å². The molecule has 0 saturated carbocycles. The van der Waals surface area contributed by atoms with Crippen LogP contribution in [0.25, 0.3) is 22.4 Å². The second-order valence-corrected chi connectivity index (χ2v) is 3.77. The summed E-state index contributed by atoms with van der Waals surface area (Å²) in [4.78, 5) is 15.0. The predicted molar refractivity (Wildman–Crippen MR) is 61.2 cm³/mol. The molecule has 90 valence electrons. The highest BCUT2D eigenvalue weighted by atomic mass is 16.5. The SMILES string of the molecule is Cc1nc2c(-c3cc(C(=O)O)on3)cccc2o1. The van der Waals surface area contributed by atoms with Crippen LogP contribution in [0, 0.1) is 6.92 Å². The molecule has 0 aliphatic heterocycles. The molecule has 3 aromatic rings. The normalized spacial score (nSPS) is 10.9. The Morgan fingerprint density at radius 3 is 2.94 bits per heavy atom. The number of rotatable bonds is 2. The van der Waals surface area contributed by atoms with Gasteiger partial charge in [0.15, 0.2) is 11.5 Å². The molecule has 0 saturated heterocycles. The topological polar surface area (TPSA) is 89.4 Å². The van der Waals surface area contributed by atoms with Gasteiger partial charge in [0, 0.05) is 18.6 Å². The van der Waals surface area contributed by atoms with E-state index in [1.165, 1.54) is 6.07 Å². The first-order chi connectivity index (χ1) is 8.65. The van der Waals surface area contributed by atoms with E-state index in [2.05, 4.69) is 10.1 Å². The van der Waals surface area contributed by atoms with E-state index in [0.717, 1.165) is 0 Å². The molecule has 18 heavy (non-hydrogen) atoms. The molecule has 1 aromatic carbocycles. The zero-order chi connectivity index (χ0) is 12.7. The summed E-state index contributed by atoms with van der Waals surface area (Å²) < 4.78 is 10.1. The van der Waals surface area contributed by atoms with Gasteiger partial charge in [-0.25, -0.2) is 9.78 Å². The maximum absolute atomic E-state index is 10.7. The maximum atomic E-state index is 10.7. The van der Waals surface area contributed by atoms with Gasteiger partial charge in [-0.3, -0.25) is 0 Å². The van der Waals surface area contributed by atoms with Gasteiger partial charge in [0.05, 0.1) is 0 Å². The monoisotopic (exact) mass is 244 g/mol. The second-order valence-electron chi connectivity index (χ2n) is 3.77. The van der Waals surface area contributed by atoms with Crippen molar-refractivity contribution in [2.75, 3.05) is 0 Å². The largest absolute Gasteiger partial charge is 0.475 e. The van der Waals surface area contributed by atoms with Crippen molar-refractivity contribution in [3.8, 4) is 11.3 Å². The molecule has 0 amide bonds. The van der Waals surface area contributed by atoms with E-state index in [4.69, 9.17) is 14.0 Å². The molecule has 0 spiro atoms. The third-order valence-corrected chi connectivity index (χ3v) is 2.52. The lowest BCUT2D eigenvalue weighted by Gasteiger charge is -1.94. The zero-order valence-electron chi connectivity index (χ0n) is 9.38. The first-order valence-electron chi connectivity index (χ1n) is 5.21. The summed E-state index contributed by atoms with van der Waals surface area (Å²) >= 11 is 0. The molecule has 2 aromatic heterocycles. The minimum Gasteiger partial charge on any atom is -0.475 e. The van der Waals surface area contributed by atoms with Crippen LogP contribution in [-0.2, 0) is 0 Å². The fourth-order valence-corrected chi connectivity index (χ4v) is 1.77. The lowest BCUT2D eigenvalue weighted by Crippen LogP contribution is -1.91. The number of carbonyl (C=O) groups is 1. The molecule has 6 heteroatoms. The van der Waals surface area contributed by atoms with Gasteiger partial charge < -0.3 is 14.0 Å². The van der Waals surface area contributed by atoms with E-state index in [1.54, 1.807) is 25.1 Å². The predicted octanol–water partition coefficient (Wildman–Crippen LogP) is 2.49. The number of carboxylic acid groups (broad SMARTS) is 1. The summed E-state index contributed by atoms with van der Waals surface area (Å²) in [6, 6.07) is 6.73. The molecule has 0 aliphatic carbocycles.